The number of aromatic nitrogens is 3. The maximum atomic E-state index is 12.3. The van der Waals surface area contributed by atoms with Crippen LogP contribution in [0.15, 0.2) is 53.7 Å². The maximum absolute atomic E-state index is 12.3. The van der Waals surface area contributed by atoms with E-state index in [0.29, 0.717) is 39.6 Å². The van der Waals surface area contributed by atoms with Crippen LogP contribution in [0.1, 0.15) is 18.5 Å². The molecule has 0 bridgehead atoms. The average Bonchev–Trinajstić information content (AvgIpc) is 3.16. The fraction of sp³-hybridized carbons (Fsp3) is 0.190. The molecule has 154 valence electrons. The van der Waals surface area contributed by atoms with Crippen molar-refractivity contribution in [3.05, 3.63) is 64.3 Å². The Balaban J connectivity index is 1.84. The molecule has 1 aromatic heterocycles. The molecule has 0 aliphatic carbocycles. The zero-order valence-corrected chi connectivity index (χ0v) is 17.4. The monoisotopic (exact) mass is 425 g/mol. The number of allylic oxidation sites excluding steroid dienone is 1. The first-order valence-electron chi connectivity index (χ1n) is 9.15. The zero-order valence-electron chi connectivity index (χ0n) is 16.6. The number of primary amides is 1. The van der Waals surface area contributed by atoms with Crippen LogP contribution in [0.3, 0.4) is 0 Å². The summed E-state index contributed by atoms with van der Waals surface area (Å²) in [5.74, 6) is 1.61. The number of fused-ring (bicyclic) bond motifs is 1. The molecule has 9 heteroatoms. The Morgan fingerprint density at radius 1 is 1.13 bits per heavy atom. The molecule has 1 atom stereocenters. The number of methoxy groups -OCH3 is 2. The minimum atomic E-state index is -0.534. The summed E-state index contributed by atoms with van der Waals surface area (Å²) in [6.07, 6.45) is 0. The van der Waals surface area contributed by atoms with Gasteiger partial charge in [0.05, 0.1) is 19.8 Å². The van der Waals surface area contributed by atoms with Gasteiger partial charge < -0.3 is 20.5 Å². The molecule has 1 aliphatic heterocycles. The van der Waals surface area contributed by atoms with Crippen LogP contribution in [-0.2, 0) is 4.79 Å². The summed E-state index contributed by atoms with van der Waals surface area (Å²) in [5.41, 5.74) is 8.30. The summed E-state index contributed by atoms with van der Waals surface area (Å²) in [6.45, 7) is 1.79. The van der Waals surface area contributed by atoms with Gasteiger partial charge in [-0.3, -0.25) is 4.79 Å². The van der Waals surface area contributed by atoms with Crippen molar-refractivity contribution >= 4 is 23.5 Å². The average molecular weight is 426 g/mol. The number of nitrogens with one attached hydrogen (secondary N) is 1. The number of rotatable bonds is 5. The molecule has 2 heterocycles. The molecule has 0 saturated heterocycles. The normalized spacial score (nSPS) is 15.4. The van der Waals surface area contributed by atoms with Gasteiger partial charge in [0.25, 0.3) is 0 Å². The van der Waals surface area contributed by atoms with Gasteiger partial charge in [-0.25, -0.2) is 4.68 Å². The molecular formula is C21H20ClN5O3. The number of ether oxygens (including phenoxy) is 2. The van der Waals surface area contributed by atoms with E-state index in [2.05, 4.69) is 15.4 Å². The van der Waals surface area contributed by atoms with E-state index in [0.717, 1.165) is 11.1 Å². The van der Waals surface area contributed by atoms with Crippen molar-refractivity contribution in [3.8, 4) is 22.9 Å². The Labute approximate surface area is 178 Å². The summed E-state index contributed by atoms with van der Waals surface area (Å²) < 4.78 is 12.3. The lowest BCUT2D eigenvalue weighted by molar-refractivity contribution is -0.115. The molecule has 0 spiro atoms. The SMILES string of the molecule is COc1ccc(-c2nc3n(n2)[C@@H](c2ccc(Cl)cc2)C(C(N)=O)=C(C)N3)cc1OC. The van der Waals surface area contributed by atoms with Crippen molar-refractivity contribution in [3.63, 3.8) is 0 Å². The molecule has 8 nitrogen and oxygen atoms in total. The van der Waals surface area contributed by atoms with E-state index in [-0.39, 0.29) is 0 Å². The van der Waals surface area contributed by atoms with E-state index >= 15 is 0 Å². The second-order valence-electron chi connectivity index (χ2n) is 6.76. The van der Waals surface area contributed by atoms with E-state index in [1.54, 1.807) is 50.1 Å². The summed E-state index contributed by atoms with van der Waals surface area (Å²) in [7, 11) is 3.14. The molecular weight excluding hydrogens is 406 g/mol. The number of nitrogens with zero attached hydrogens (tertiary/aromatic N) is 3. The van der Waals surface area contributed by atoms with Crippen LogP contribution in [0.2, 0.25) is 5.02 Å². The number of hydrogen-bond donors (Lipinski definition) is 2. The molecule has 0 saturated carbocycles. The number of nitrogens with two attached hydrogens (primary N) is 1. The van der Waals surface area contributed by atoms with E-state index in [9.17, 15) is 4.79 Å². The van der Waals surface area contributed by atoms with Gasteiger partial charge in [-0.05, 0) is 42.8 Å². The van der Waals surface area contributed by atoms with Gasteiger partial charge in [-0.1, -0.05) is 23.7 Å². The van der Waals surface area contributed by atoms with Crippen molar-refractivity contribution < 1.29 is 14.3 Å². The van der Waals surface area contributed by atoms with Gasteiger partial charge in [-0.2, -0.15) is 4.98 Å². The Kier molecular flexibility index (Phi) is 5.09. The highest BCUT2D eigenvalue weighted by molar-refractivity contribution is 6.30. The number of benzene rings is 2. The summed E-state index contributed by atoms with van der Waals surface area (Å²) in [6, 6.07) is 12.1. The predicted octanol–water partition coefficient (Wildman–Crippen LogP) is 3.39. The topological polar surface area (TPSA) is 104 Å². The molecule has 30 heavy (non-hydrogen) atoms. The van der Waals surface area contributed by atoms with Crippen molar-refractivity contribution in [1.29, 1.82) is 0 Å². The molecule has 1 aliphatic rings. The Bertz CT molecular complexity index is 1150. The summed E-state index contributed by atoms with van der Waals surface area (Å²) >= 11 is 6.04. The van der Waals surface area contributed by atoms with Crippen molar-refractivity contribution in [2.24, 2.45) is 5.73 Å². The van der Waals surface area contributed by atoms with Gasteiger partial charge in [0.2, 0.25) is 11.9 Å². The third-order valence-electron chi connectivity index (χ3n) is 4.95. The summed E-state index contributed by atoms with van der Waals surface area (Å²) in [4.78, 5) is 16.9. The minimum Gasteiger partial charge on any atom is -0.493 e. The van der Waals surface area contributed by atoms with E-state index in [1.807, 2.05) is 18.2 Å². The van der Waals surface area contributed by atoms with Crippen LogP contribution >= 0.6 is 11.6 Å². The Hall–Kier alpha value is -3.52. The number of anilines is 1. The first kappa shape index (κ1) is 19.8. The Morgan fingerprint density at radius 3 is 2.47 bits per heavy atom. The molecule has 0 unspecified atom stereocenters. The fourth-order valence-electron chi connectivity index (χ4n) is 3.52. The minimum absolute atomic E-state index is 0.411. The molecule has 3 N–H and O–H groups in total. The van der Waals surface area contributed by atoms with Gasteiger partial charge in [0.15, 0.2) is 17.3 Å². The highest BCUT2D eigenvalue weighted by Crippen LogP contribution is 2.37. The first-order valence-corrected chi connectivity index (χ1v) is 9.52. The highest BCUT2D eigenvalue weighted by atomic mass is 35.5. The van der Waals surface area contributed by atoms with Crippen molar-refractivity contribution in [2.75, 3.05) is 19.5 Å². The van der Waals surface area contributed by atoms with E-state index in [1.165, 1.54) is 0 Å². The summed E-state index contributed by atoms with van der Waals surface area (Å²) in [5, 5.41) is 8.40. The van der Waals surface area contributed by atoms with Crippen LogP contribution in [0.5, 0.6) is 11.5 Å². The van der Waals surface area contributed by atoms with E-state index in [4.69, 9.17) is 26.8 Å². The lowest BCUT2D eigenvalue weighted by Crippen LogP contribution is -2.31. The molecule has 3 aromatic rings. The number of carbonyl (C=O) groups is 1. The lowest BCUT2D eigenvalue weighted by atomic mass is 9.95. The second-order valence-corrected chi connectivity index (χ2v) is 7.19. The highest BCUT2D eigenvalue weighted by Gasteiger charge is 2.33. The third kappa shape index (κ3) is 3.35. The number of amides is 1. The molecule has 4 rings (SSSR count). The Morgan fingerprint density at radius 2 is 1.83 bits per heavy atom. The van der Waals surface area contributed by atoms with Gasteiger partial charge in [0, 0.05) is 16.3 Å². The lowest BCUT2D eigenvalue weighted by Gasteiger charge is -2.27. The predicted molar refractivity (Wildman–Crippen MR) is 114 cm³/mol. The van der Waals surface area contributed by atoms with Gasteiger partial charge in [0.1, 0.15) is 6.04 Å². The zero-order chi connectivity index (χ0) is 21.4. The van der Waals surface area contributed by atoms with Gasteiger partial charge >= 0.3 is 0 Å². The number of hydrogen-bond acceptors (Lipinski definition) is 6. The first-order chi connectivity index (χ1) is 14.4. The molecule has 2 aromatic carbocycles. The van der Waals surface area contributed by atoms with Crippen molar-refractivity contribution in [1.82, 2.24) is 14.8 Å². The quantitative estimate of drug-likeness (QED) is 0.649. The second kappa shape index (κ2) is 7.72. The molecule has 1 amide bonds. The molecule has 0 fully saturated rings. The van der Waals surface area contributed by atoms with Crippen LogP contribution in [0.4, 0.5) is 5.95 Å². The van der Waals surface area contributed by atoms with Gasteiger partial charge in [-0.15, -0.1) is 5.10 Å². The third-order valence-corrected chi connectivity index (χ3v) is 5.20. The van der Waals surface area contributed by atoms with Crippen molar-refractivity contribution in [2.45, 2.75) is 13.0 Å². The fourth-order valence-corrected chi connectivity index (χ4v) is 3.65. The number of halogens is 1. The largest absolute Gasteiger partial charge is 0.493 e. The van der Waals surface area contributed by atoms with Crippen LogP contribution < -0.4 is 20.5 Å². The van der Waals surface area contributed by atoms with Crippen LogP contribution in [0, 0.1) is 0 Å². The number of carbonyl (C=O) groups excluding carboxylic acids is 1. The van der Waals surface area contributed by atoms with E-state index < -0.39 is 11.9 Å². The standard InChI is InChI=1S/C21H20ClN5O3/c1-11-17(19(23)28)18(12-4-7-14(22)8-5-12)27-21(24-11)25-20(26-27)13-6-9-15(29-2)16(10-13)30-3/h4-10,18H,1-3H3,(H2,23,28)(H,24,25,26)/t18-/m0/s1. The maximum Gasteiger partial charge on any atom is 0.248 e. The molecule has 0 radical (unpaired) electrons. The van der Waals surface area contributed by atoms with Crippen LogP contribution in [0.25, 0.3) is 11.4 Å². The van der Waals surface area contributed by atoms with Crippen LogP contribution in [-0.4, -0.2) is 34.9 Å². The smallest absolute Gasteiger partial charge is 0.248 e.